The van der Waals surface area contributed by atoms with E-state index in [1.807, 2.05) is 19.0 Å². The molecule has 0 aromatic heterocycles. The van der Waals surface area contributed by atoms with Gasteiger partial charge in [-0.1, -0.05) is 5.92 Å². The van der Waals surface area contributed by atoms with E-state index in [0.29, 0.717) is 17.9 Å². The van der Waals surface area contributed by atoms with E-state index in [9.17, 15) is 4.79 Å². The zero-order valence-electron chi connectivity index (χ0n) is 10.8. The minimum Gasteiger partial charge on any atom is -0.481 e. The number of benzene rings is 1. The topological polar surface area (TPSA) is 41.6 Å². The first kappa shape index (κ1) is 14.1. The van der Waals surface area contributed by atoms with E-state index in [2.05, 4.69) is 11.2 Å². The van der Waals surface area contributed by atoms with Gasteiger partial charge in [-0.3, -0.25) is 4.79 Å². The molecule has 18 heavy (non-hydrogen) atoms. The summed E-state index contributed by atoms with van der Waals surface area (Å²) in [6.07, 6.45) is 5.09. The monoisotopic (exact) mass is 246 g/mol. The normalized spacial score (nSPS) is 9.89. The highest BCUT2D eigenvalue weighted by Gasteiger charge is 2.04. The van der Waals surface area contributed by atoms with E-state index in [1.165, 1.54) is 0 Å². The smallest absolute Gasteiger partial charge is 0.251 e. The number of ether oxygens (including phenoxy) is 1. The van der Waals surface area contributed by atoms with Crippen LogP contribution in [0.4, 0.5) is 0 Å². The molecule has 1 amide bonds. The summed E-state index contributed by atoms with van der Waals surface area (Å²) in [5.41, 5.74) is 0.613. The minimum atomic E-state index is -0.0830. The summed E-state index contributed by atoms with van der Waals surface area (Å²) in [7, 11) is 3.92. The lowest BCUT2D eigenvalue weighted by atomic mass is 10.2. The molecule has 96 valence electrons. The highest BCUT2D eigenvalue weighted by Crippen LogP contribution is 2.11. The Bertz CT molecular complexity index is 418. The van der Waals surface area contributed by atoms with E-state index < -0.39 is 0 Å². The molecule has 1 N–H and O–H groups in total. The quantitative estimate of drug-likeness (QED) is 0.761. The summed E-state index contributed by atoms with van der Waals surface area (Å²) in [6, 6.07) is 6.91. The molecule has 0 saturated carbocycles. The van der Waals surface area contributed by atoms with Gasteiger partial charge in [0, 0.05) is 18.7 Å². The zero-order valence-corrected chi connectivity index (χ0v) is 10.8. The molecular weight excluding hydrogens is 228 g/mol. The lowest BCUT2D eigenvalue weighted by molar-refractivity contribution is 0.0951. The molecule has 0 aliphatic rings. The molecule has 1 rings (SSSR count). The van der Waals surface area contributed by atoms with Crippen LogP contribution >= 0.6 is 0 Å². The van der Waals surface area contributed by atoms with Crippen LogP contribution in [0.5, 0.6) is 5.75 Å². The van der Waals surface area contributed by atoms with Crippen molar-refractivity contribution < 1.29 is 9.53 Å². The number of carbonyl (C=O) groups is 1. The minimum absolute atomic E-state index is 0.0830. The molecule has 0 spiro atoms. The predicted octanol–water partition coefficient (Wildman–Crippen LogP) is 0.990. The van der Waals surface area contributed by atoms with Crippen molar-refractivity contribution in [3.05, 3.63) is 29.8 Å². The Balaban J connectivity index is 2.46. The molecule has 1 aromatic rings. The molecule has 0 heterocycles. The van der Waals surface area contributed by atoms with Crippen LogP contribution in [0.15, 0.2) is 24.3 Å². The number of hydrogen-bond donors (Lipinski definition) is 1. The first-order chi connectivity index (χ1) is 8.63. The lowest BCUT2D eigenvalue weighted by Gasteiger charge is -2.10. The summed E-state index contributed by atoms with van der Waals surface area (Å²) >= 11 is 0. The van der Waals surface area contributed by atoms with Crippen molar-refractivity contribution in [2.24, 2.45) is 0 Å². The highest BCUT2D eigenvalue weighted by molar-refractivity contribution is 5.94. The highest BCUT2D eigenvalue weighted by atomic mass is 16.5. The molecule has 0 saturated heterocycles. The van der Waals surface area contributed by atoms with Gasteiger partial charge in [-0.15, -0.1) is 6.42 Å². The van der Waals surface area contributed by atoms with E-state index in [0.717, 1.165) is 6.54 Å². The second-order valence-electron chi connectivity index (χ2n) is 4.08. The largest absolute Gasteiger partial charge is 0.481 e. The molecule has 0 bridgehead atoms. The second kappa shape index (κ2) is 7.36. The van der Waals surface area contributed by atoms with Crippen molar-refractivity contribution in [2.45, 2.75) is 0 Å². The standard InChI is InChI=1S/C14H18N2O2/c1-4-11-18-13-7-5-12(6-8-13)14(17)15-9-10-16(2)3/h1,5-8H,9-11H2,2-3H3,(H,15,17). The summed E-state index contributed by atoms with van der Waals surface area (Å²) in [6.45, 7) is 1.67. The van der Waals surface area contributed by atoms with Crippen molar-refractivity contribution in [1.29, 1.82) is 0 Å². The van der Waals surface area contributed by atoms with Crippen LogP contribution in [0.25, 0.3) is 0 Å². The summed E-state index contributed by atoms with van der Waals surface area (Å²) in [5.74, 6) is 2.97. The molecule has 0 aliphatic carbocycles. The number of hydrogen-bond acceptors (Lipinski definition) is 3. The Kier molecular flexibility index (Phi) is 5.75. The second-order valence-corrected chi connectivity index (χ2v) is 4.08. The molecule has 0 atom stereocenters. The predicted molar refractivity (Wildman–Crippen MR) is 71.7 cm³/mol. The van der Waals surface area contributed by atoms with Gasteiger partial charge in [0.25, 0.3) is 5.91 Å². The van der Waals surface area contributed by atoms with Gasteiger partial charge in [0.15, 0.2) is 0 Å². The van der Waals surface area contributed by atoms with Gasteiger partial charge < -0.3 is 15.0 Å². The van der Waals surface area contributed by atoms with Crippen molar-refractivity contribution in [3.8, 4) is 18.1 Å². The molecule has 4 nitrogen and oxygen atoms in total. The van der Waals surface area contributed by atoms with Crippen molar-refractivity contribution >= 4 is 5.91 Å². The Labute approximate surface area is 108 Å². The average Bonchev–Trinajstić information content (AvgIpc) is 2.36. The van der Waals surface area contributed by atoms with Crippen LogP contribution in [0.3, 0.4) is 0 Å². The van der Waals surface area contributed by atoms with Gasteiger partial charge in [0.1, 0.15) is 12.4 Å². The number of terminal acetylenes is 1. The molecule has 1 aromatic carbocycles. The van der Waals surface area contributed by atoms with Crippen LogP contribution in [0, 0.1) is 12.3 Å². The first-order valence-corrected chi connectivity index (χ1v) is 5.72. The summed E-state index contributed by atoms with van der Waals surface area (Å²) in [4.78, 5) is 13.8. The van der Waals surface area contributed by atoms with Crippen LogP contribution in [0.2, 0.25) is 0 Å². The molecule has 0 fully saturated rings. The zero-order chi connectivity index (χ0) is 13.4. The average molecular weight is 246 g/mol. The van der Waals surface area contributed by atoms with Crippen LogP contribution in [-0.2, 0) is 0 Å². The van der Waals surface area contributed by atoms with Gasteiger partial charge in [-0.05, 0) is 38.4 Å². The Hall–Kier alpha value is -1.99. The van der Waals surface area contributed by atoms with Gasteiger partial charge in [0.05, 0.1) is 0 Å². The maximum Gasteiger partial charge on any atom is 0.251 e. The summed E-state index contributed by atoms with van der Waals surface area (Å²) < 4.78 is 5.23. The maximum atomic E-state index is 11.7. The first-order valence-electron chi connectivity index (χ1n) is 5.72. The third-order valence-electron chi connectivity index (χ3n) is 2.28. The number of carbonyl (C=O) groups excluding carboxylic acids is 1. The van der Waals surface area contributed by atoms with Crippen molar-refractivity contribution in [3.63, 3.8) is 0 Å². The number of amides is 1. The Morgan fingerprint density at radius 1 is 1.39 bits per heavy atom. The number of likely N-dealkylation sites (N-methyl/N-ethyl adjacent to an activating group) is 1. The molecule has 4 heteroatoms. The fourth-order valence-electron chi connectivity index (χ4n) is 1.32. The SMILES string of the molecule is C#CCOc1ccc(C(=O)NCCN(C)C)cc1. The molecular formula is C14H18N2O2. The van der Waals surface area contributed by atoms with Crippen LogP contribution in [0.1, 0.15) is 10.4 Å². The number of nitrogens with one attached hydrogen (secondary N) is 1. The fourth-order valence-corrected chi connectivity index (χ4v) is 1.32. The maximum absolute atomic E-state index is 11.7. The third kappa shape index (κ3) is 4.89. The Morgan fingerprint density at radius 3 is 2.61 bits per heavy atom. The van der Waals surface area contributed by atoms with E-state index in [-0.39, 0.29) is 12.5 Å². The number of nitrogens with zero attached hydrogens (tertiary/aromatic N) is 1. The van der Waals surface area contributed by atoms with Gasteiger partial charge in [-0.2, -0.15) is 0 Å². The molecule has 0 aliphatic heterocycles. The van der Waals surface area contributed by atoms with Crippen molar-refractivity contribution in [2.75, 3.05) is 33.8 Å². The van der Waals surface area contributed by atoms with Gasteiger partial charge in [0.2, 0.25) is 0 Å². The van der Waals surface area contributed by atoms with E-state index in [1.54, 1.807) is 24.3 Å². The fraction of sp³-hybridized carbons (Fsp3) is 0.357. The van der Waals surface area contributed by atoms with Gasteiger partial charge >= 0.3 is 0 Å². The van der Waals surface area contributed by atoms with E-state index in [4.69, 9.17) is 11.2 Å². The van der Waals surface area contributed by atoms with Crippen molar-refractivity contribution in [1.82, 2.24) is 10.2 Å². The van der Waals surface area contributed by atoms with E-state index >= 15 is 0 Å². The van der Waals surface area contributed by atoms with Gasteiger partial charge in [-0.25, -0.2) is 0 Å². The van der Waals surface area contributed by atoms with Crippen LogP contribution < -0.4 is 10.1 Å². The lowest BCUT2D eigenvalue weighted by Crippen LogP contribution is -2.31. The Morgan fingerprint density at radius 2 is 2.06 bits per heavy atom. The molecule has 0 unspecified atom stereocenters. The van der Waals surface area contributed by atoms with Crippen LogP contribution in [-0.4, -0.2) is 44.6 Å². The molecule has 0 radical (unpaired) electrons. The summed E-state index contributed by atoms with van der Waals surface area (Å²) in [5, 5.41) is 2.84. The number of rotatable bonds is 6. The third-order valence-corrected chi connectivity index (χ3v) is 2.28.